The summed E-state index contributed by atoms with van der Waals surface area (Å²) in [6, 6.07) is 0.529. The van der Waals surface area contributed by atoms with Gasteiger partial charge < -0.3 is 4.90 Å². The highest BCUT2D eigenvalue weighted by atomic mass is 79.9. The van der Waals surface area contributed by atoms with Crippen molar-refractivity contribution in [3.8, 4) is 0 Å². The predicted octanol–water partition coefficient (Wildman–Crippen LogP) is 2.72. The molecule has 3 atom stereocenters. The van der Waals surface area contributed by atoms with Crippen molar-refractivity contribution in [2.45, 2.75) is 26.8 Å². The number of hydrogen-bond donors (Lipinski definition) is 0. The predicted molar refractivity (Wildman–Crippen MR) is 64.9 cm³/mol. The van der Waals surface area contributed by atoms with Gasteiger partial charge in [0, 0.05) is 25.0 Å². The fourth-order valence-electron chi connectivity index (χ4n) is 2.12. The maximum Gasteiger partial charge on any atom is 0.225 e. The van der Waals surface area contributed by atoms with Crippen molar-refractivity contribution < 1.29 is 0 Å². The summed E-state index contributed by atoms with van der Waals surface area (Å²) >= 11 is 3.35. The van der Waals surface area contributed by atoms with E-state index in [0.717, 1.165) is 17.0 Å². The largest absolute Gasteiger partial charge is 0.338 e. The molecule has 2 rings (SSSR count). The molecule has 1 fully saturated rings. The van der Waals surface area contributed by atoms with Gasteiger partial charge in [0.15, 0.2) is 0 Å². The summed E-state index contributed by atoms with van der Waals surface area (Å²) in [5, 5.41) is 0. The molecule has 0 radical (unpaired) electrons. The Morgan fingerprint density at radius 3 is 2.33 bits per heavy atom. The van der Waals surface area contributed by atoms with Crippen molar-refractivity contribution in [3.05, 3.63) is 16.9 Å². The molecule has 15 heavy (non-hydrogen) atoms. The van der Waals surface area contributed by atoms with Crippen molar-refractivity contribution in [2.24, 2.45) is 11.8 Å². The van der Waals surface area contributed by atoms with Crippen molar-refractivity contribution in [1.82, 2.24) is 9.97 Å². The second-order valence-electron chi connectivity index (χ2n) is 4.43. The summed E-state index contributed by atoms with van der Waals surface area (Å²) in [4.78, 5) is 11.0. The summed E-state index contributed by atoms with van der Waals surface area (Å²) in [7, 11) is 0. The molecular formula is C11H16BrN3. The van der Waals surface area contributed by atoms with Gasteiger partial charge >= 0.3 is 0 Å². The van der Waals surface area contributed by atoms with Gasteiger partial charge in [-0.2, -0.15) is 0 Å². The summed E-state index contributed by atoms with van der Waals surface area (Å²) in [5.41, 5.74) is 0. The minimum Gasteiger partial charge on any atom is -0.338 e. The van der Waals surface area contributed by atoms with E-state index in [4.69, 9.17) is 0 Å². The Labute approximate surface area is 99.0 Å². The average molecular weight is 270 g/mol. The Hall–Kier alpha value is -0.640. The van der Waals surface area contributed by atoms with Gasteiger partial charge in [-0.25, -0.2) is 9.97 Å². The minimum absolute atomic E-state index is 0.529. The van der Waals surface area contributed by atoms with E-state index in [2.05, 4.69) is 51.6 Å². The molecule has 1 aliphatic rings. The molecule has 0 amide bonds. The second-order valence-corrected chi connectivity index (χ2v) is 5.35. The van der Waals surface area contributed by atoms with Crippen LogP contribution in [0.15, 0.2) is 16.9 Å². The monoisotopic (exact) mass is 269 g/mol. The number of halogens is 1. The van der Waals surface area contributed by atoms with Crippen LogP contribution in [0.1, 0.15) is 20.8 Å². The second kappa shape index (κ2) is 4.08. The quantitative estimate of drug-likeness (QED) is 0.785. The third-order valence-electron chi connectivity index (χ3n) is 3.50. The Balaban J connectivity index is 2.22. The Bertz CT molecular complexity index is 338. The first kappa shape index (κ1) is 10.9. The summed E-state index contributed by atoms with van der Waals surface area (Å²) < 4.78 is 0.930. The zero-order chi connectivity index (χ0) is 11.0. The smallest absolute Gasteiger partial charge is 0.225 e. The van der Waals surface area contributed by atoms with Gasteiger partial charge in [-0.3, -0.25) is 0 Å². The molecule has 0 saturated carbocycles. The fraction of sp³-hybridized carbons (Fsp3) is 0.636. The summed E-state index contributed by atoms with van der Waals surface area (Å²) in [6.45, 7) is 7.90. The molecule has 1 aromatic heterocycles. The maximum atomic E-state index is 4.35. The average Bonchev–Trinajstić information content (AvgIpc) is 2.47. The molecule has 82 valence electrons. The molecule has 4 heteroatoms. The van der Waals surface area contributed by atoms with Gasteiger partial charge in [-0.15, -0.1) is 0 Å². The highest BCUT2D eigenvalue weighted by Gasteiger charge is 2.34. The van der Waals surface area contributed by atoms with Gasteiger partial charge in [0.2, 0.25) is 5.95 Å². The van der Waals surface area contributed by atoms with Crippen LogP contribution in [0, 0.1) is 11.8 Å². The van der Waals surface area contributed by atoms with Gasteiger partial charge in [0.1, 0.15) is 0 Å². The molecule has 0 spiro atoms. The lowest BCUT2D eigenvalue weighted by molar-refractivity contribution is 0.440. The van der Waals surface area contributed by atoms with Crippen LogP contribution in [-0.2, 0) is 0 Å². The summed E-state index contributed by atoms with van der Waals surface area (Å²) in [5.74, 6) is 2.27. The van der Waals surface area contributed by atoms with Crippen molar-refractivity contribution in [3.63, 3.8) is 0 Å². The molecule has 1 saturated heterocycles. The molecule has 0 N–H and O–H groups in total. The first-order valence-electron chi connectivity index (χ1n) is 5.33. The van der Waals surface area contributed by atoms with Crippen molar-refractivity contribution >= 4 is 21.9 Å². The van der Waals surface area contributed by atoms with E-state index >= 15 is 0 Å². The number of aromatic nitrogens is 2. The molecule has 1 aromatic rings. The van der Waals surface area contributed by atoms with Gasteiger partial charge in [-0.05, 0) is 34.7 Å². The molecule has 3 nitrogen and oxygen atoms in total. The Morgan fingerprint density at radius 2 is 1.87 bits per heavy atom. The van der Waals surface area contributed by atoms with Gasteiger partial charge in [0.05, 0.1) is 4.47 Å². The fourth-order valence-corrected chi connectivity index (χ4v) is 2.32. The van der Waals surface area contributed by atoms with E-state index in [1.54, 1.807) is 0 Å². The minimum atomic E-state index is 0.529. The van der Waals surface area contributed by atoms with E-state index < -0.39 is 0 Å². The first-order chi connectivity index (χ1) is 7.09. The van der Waals surface area contributed by atoms with Crippen LogP contribution in [0.25, 0.3) is 0 Å². The van der Waals surface area contributed by atoms with Crippen LogP contribution in [0.3, 0.4) is 0 Å². The van der Waals surface area contributed by atoms with Crippen molar-refractivity contribution in [2.75, 3.05) is 11.4 Å². The van der Waals surface area contributed by atoms with E-state index in [0.29, 0.717) is 17.9 Å². The Morgan fingerprint density at radius 1 is 1.27 bits per heavy atom. The third kappa shape index (κ3) is 2.00. The number of nitrogens with zero attached hydrogens (tertiary/aromatic N) is 3. The third-order valence-corrected chi connectivity index (χ3v) is 3.91. The lowest BCUT2D eigenvalue weighted by atomic mass is 9.95. The molecule has 0 aliphatic carbocycles. The zero-order valence-electron chi connectivity index (χ0n) is 9.31. The molecule has 2 heterocycles. The van der Waals surface area contributed by atoms with Crippen LogP contribution in [0.4, 0.5) is 5.95 Å². The van der Waals surface area contributed by atoms with Crippen molar-refractivity contribution in [1.29, 1.82) is 0 Å². The highest BCUT2D eigenvalue weighted by Crippen LogP contribution is 2.31. The van der Waals surface area contributed by atoms with Crippen LogP contribution in [-0.4, -0.2) is 22.6 Å². The standard InChI is InChI=1S/C11H16BrN3/c1-7-6-15(9(3)8(7)2)11-13-4-10(12)5-14-11/h4-5,7-9H,6H2,1-3H3. The molecule has 0 bridgehead atoms. The summed E-state index contributed by atoms with van der Waals surface area (Å²) in [6.07, 6.45) is 3.62. The molecular weight excluding hydrogens is 254 g/mol. The van der Waals surface area contributed by atoms with Gasteiger partial charge in [-0.1, -0.05) is 13.8 Å². The molecule has 1 aliphatic heterocycles. The maximum absolute atomic E-state index is 4.35. The van der Waals surface area contributed by atoms with Crippen LogP contribution in [0.2, 0.25) is 0 Å². The molecule has 3 unspecified atom stereocenters. The first-order valence-corrected chi connectivity index (χ1v) is 6.13. The van der Waals surface area contributed by atoms with E-state index in [-0.39, 0.29) is 0 Å². The van der Waals surface area contributed by atoms with E-state index in [1.807, 2.05) is 12.4 Å². The Kier molecular flexibility index (Phi) is 2.96. The lowest BCUT2D eigenvalue weighted by Crippen LogP contribution is -2.30. The topological polar surface area (TPSA) is 29.0 Å². The normalized spacial score (nSPS) is 30.9. The van der Waals surface area contributed by atoms with Crippen LogP contribution < -0.4 is 4.90 Å². The van der Waals surface area contributed by atoms with Gasteiger partial charge in [0.25, 0.3) is 0 Å². The number of hydrogen-bond acceptors (Lipinski definition) is 3. The SMILES string of the molecule is CC1CN(c2ncc(Br)cn2)C(C)C1C. The number of anilines is 1. The number of rotatable bonds is 1. The van der Waals surface area contributed by atoms with E-state index in [9.17, 15) is 0 Å². The highest BCUT2D eigenvalue weighted by molar-refractivity contribution is 9.10. The molecule has 0 aromatic carbocycles. The van der Waals surface area contributed by atoms with E-state index in [1.165, 1.54) is 0 Å². The van der Waals surface area contributed by atoms with Crippen LogP contribution >= 0.6 is 15.9 Å². The zero-order valence-corrected chi connectivity index (χ0v) is 10.9. The lowest BCUT2D eigenvalue weighted by Gasteiger charge is -2.22. The van der Waals surface area contributed by atoms with Crippen LogP contribution in [0.5, 0.6) is 0 Å².